The van der Waals surface area contributed by atoms with Crippen LogP contribution in [0.15, 0.2) is 29.2 Å². The summed E-state index contributed by atoms with van der Waals surface area (Å²) in [6.45, 7) is 3.17. The summed E-state index contributed by atoms with van der Waals surface area (Å²) in [5.41, 5.74) is 7.13. The van der Waals surface area contributed by atoms with Gasteiger partial charge in [0.25, 0.3) is 0 Å². The predicted octanol–water partition coefficient (Wildman–Crippen LogP) is 1.35. The van der Waals surface area contributed by atoms with Crippen molar-refractivity contribution in [2.24, 2.45) is 17.6 Å². The number of fused-ring (bicyclic) bond motifs is 1. The van der Waals surface area contributed by atoms with E-state index in [1.807, 2.05) is 19.1 Å². The van der Waals surface area contributed by atoms with E-state index in [9.17, 15) is 8.42 Å². The molecule has 2 fully saturated rings. The average molecular weight is 280 g/mol. The summed E-state index contributed by atoms with van der Waals surface area (Å²) >= 11 is 0. The minimum absolute atomic E-state index is 0.170. The number of hydrogen-bond donors (Lipinski definition) is 1. The number of hydrogen-bond acceptors (Lipinski definition) is 3. The van der Waals surface area contributed by atoms with E-state index in [0.717, 1.165) is 18.4 Å². The van der Waals surface area contributed by atoms with E-state index in [1.54, 1.807) is 16.4 Å². The van der Waals surface area contributed by atoms with Crippen LogP contribution in [0.1, 0.15) is 18.4 Å². The lowest BCUT2D eigenvalue weighted by Crippen LogP contribution is -2.33. The Hall–Kier alpha value is -0.910. The Labute approximate surface area is 114 Å². The summed E-state index contributed by atoms with van der Waals surface area (Å²) in [5, 5.41) is 0. The van der Waals surface area contributed by atoms with Crippen molar-refractivity contribution in [2.75, 3.05) is 13.1 Å². The highest BCUT2D eigenvalue weighted by molar-refractivity contribution is 7.89. The van der Waals surface area contributed by atoms with Crippen LogP contribution >= 0.6 is 0 Å². The van der Waals surface area contributed by atoms with Crippen LogP contribution in [-0.2, 0) is 10.0 Å². The summed E-state index contributed by atoms with van der Waals surface area (Å²) < 4.78 is 26.8. The van der Waals surface area contributed by atoms with Crippen LogP contribution in [0.5, 0.6) is 0 Å². The second kappa shape index (κ2) is 4.58. The molecule has 1 aliphatic carbocycles. The first kappa shape index (κ1) is 13.1. The van der Waals surface area contributed by atoms with Gasteiger partial charge in [-0.05, 0) is 43.7 Å². The molecule has 2 N–H and O–H groups in total. The van der Waals surface area contributed by atoms with Crippen molar-refractivity contribution in [1.29, 1.82) is 0 Å². The number of sulfonamides is 1. The molecular formula is C14H20N2O2S. The molecule has 0 amide bonds. The van der Waals surface area contributed by atoms with E-state index in [2.05, 4.69) is 0 Å². The molecule has 1 aliphatic heterocycles. The normalized spacial score (nSPS) is 31.6. The highest BCUT2D eigenvalue weighted by atomic mass is 32.2. The minimum Gasteiger partial charge on any atom is -0.327 e. The fourth-order valence-corrected chi connectivity index (χ4v) is 4.86. The maximum atomic E-state index is 12.6. The summed E-state index contributed by atoms with van der Waals surface area (Å²) in [6.07, 6.45) is 2.10. The second-order valence-electron chi connectivity index (χ2n) is 5.80. The molecule has 19 heavy (non-hydrogen) atoms. The summed E-state index contributed by atoms with van der Waals surface area (Å²) in [5.74, 6) is 0.801. The van der Waals surface area contributed by atoms with Gasteiger partial charge < -0.3 is 5.73 Å². The maximum absolute atomic E-state index is 12.6. The van der Waals surface area contributed by atoms with E-state index in [4.69, 9.17) is 5.73 Å². The molecular weight excluding hydrogens is 260 g/mol. The molecule has 1 aromatic carbocycles. The molecule has 5 heteroatoms. The smallest absolute Gasteiger partial charge is 0.243 e. The third-order valence-electron chi connectivity index (χ3n) is 4.54. The molecule has 0 radical (unpaired) electrons. The minimum atomic E-state index is -3.34. The molecule has 0 bridgehead atoms. The van der Waals surface area contributed by atoms with Crippen molar-refractivity contribution >= 4 is 10.0 Å². The Bertz CT molecular complexity index is 568. The molecule has 2 aliphatic rings. The molecule has 0 aromatic heterocycles. The number of benzene rings is 1. The van der Waals surface area contributed by atoms with Crippen molar-refractivity contribution in [3.8, 4) is 0 Å². The molecule has 1 aromatic rings. The van der Waals surface area contributed by atoms with Gasteiger partial charge in [-0.25, -0.2) is 8.42 Å². The van der Waals surface area contributed by atoms with Crippen molar-refractivity contribution < 1.29 is 8.42 Å². The van der Waals surface area contributed by atoms with Crippen LogP contribution in [0.25, 0.3) is 0 Å². The number of aryl methyl sites for hydroxylation is 1. The lowest BCUT2D eigenvalue weighted by molar-refractivity contribution is 0.427. The molecule has 1 saturated carbocycles. The van der Waals surface area contributed by atoms with Crippen LogP contribution in [0, 0.1) is 18.8 Å². The van der Waals surface area contributed by atoms with Gasteiger partial charge in [-0.3, -0.25) is 0 Å². The van der Waals surface area contributed by atoms with Gasteiger partial charge in [-0.15, -0.1) is 0 Å². The standard InChI is InChI=1S/C14H20N2O2S/c1-10-2-5-12(6-3-10)19(17,18)16-8-11-4-7-14(15)13(11)9-16/h2-3,5-6,11,13-14H,4,7-9,15H2,1H3. The van der Waals surface area contributed by atoms with E-state index in [1.165, 1.54) is 0 Å². The monoisotopic (exact) mass is 280 g/mol. The Balaban J connectivity index is 1.84. The van der Waals surface area contributed by atoms with Gasteiger partial charge in [0.15, 0.2) is 0 Å². The third kappa shape index (κ3) is 2.20. The zero-order chi connectivity index (χ0) is 13.6. The van der Waals surface area contributed by atoms with Crippen molar-refractivity contribution in [3.05, 3.63) is 29.8 Å². The van der Waals surface area contributed by atoms with Crippen molar-refractivity contribution in [2.45, 2.75) is 30.7 Å². The number of rotatable bonds is 2. The Morgan fingerprint density at radius 2 is 1.84 bits per heavy atom. The highest BCUT2D eigenvalue weighted by Gasteiger charge is 2.44. The Morgan fingerprint density at radius 1 is 1.16 bits per heavy atom. The molecule has 3 unspecified atom stereocenters. The highest BCUT2D eigenvalue weighted by Crippen LogP contribution is 2.39. The molecule has 3 rings (SSSR count). The first-order valence-corrected chi connectivity index (χ1v) is 8.25. The quantitative estimate of drug-likeness (QED) is 0.889. The zero-order valence-corrected chi connectivity index (χ0v) is 11.9. The third-order valence-corrected chi connectivity index (χ3v) is 6.38. The fourth-order valence-electron chi connectivity index (χ4n) is 3.32. The lowest BCUT2D eigenvalue weighted by atomic mass is 9.98. The zero-order valence-electron chi connectivity index (χ0n) is 11.1. The fraction of sp³-hybridized carbons (Fsp3) is 0.571. The van der Waals surface area contributed by atoms with Gasteiger partial charge in [0.2, 0.25) is 10.0 Å². The molecule has 1 saturated heterocycles. The van der Waals surface area contributed by atoms with Crippen molar-refractivity contribution in [1.82, 2.24) is 4.31 Å². The number of nitrogens with zero attached hydrogens (tertiary/aromatic N) is 1. The first-order chi connectivity index (χ1) is 8.98. The lowest BCUT2D eigenvalue weighted by Gasteiger charge is -2.18. The van der Waals surface area contributed by atoms with Crippen LogP contribution in [-0.4, -0.2) is 31.9 Å². The maximum Gasteiger partial charge on any atom is 0.243 e. The van der Waals surface area contributed by atoms with Gasteiger partial charge in [0.1, 0.15) is 0 Å². The molecule has 0 spiro atoms. The van der Waals surface area contributed by atoms with E-state index in [-0.39, 0.29) is 6.04 Å². The molecule has 1 heterocycles. The predicted molar refractivity (Wildman–Crippen MR) is 74.1 cm³/mol. The second-order valence-corrected chi connectivity index (χ2v) is 7.74. The van der Waals surface area contributed by atoms with Gasteiger partial charge in [-0.1, -0.05) is 17.7 Å². The summed E-state index contributed by atoms with van der Waals surface area (Å²) in [6, 6.07) is 7.24. The van der Waals surface area contributed by atoms with Gasteiger partial charge >= 0.3 is 0 Å². The molecule has 3 atom stereocenters. The molecule has 104 valence electrons. The van der Waals surface area contributed by atoms with Gasteiger partial charge in [-0.2, -0.15) is 4.31 Å². The van der Waals surface area contributed by atoms with E-state index >= 15 is 0 Å². The summed E-state index contributed by atoms with van der Waals surface area (Å²) in [4.78, 5) is 0.395. The number of nitrogens with two attached hydrogens (primary N) is 1. The van der Waals surface area contributed by atoms with Crippen LogP contribution < -0.4 is 5.73 Å². The van der Waals surface area contributed by atoms with E-state index < -0.39 is 10.0 Å². The largest absolute Gasteiger partial charge is 0.327 e. The van der Waals surface area contributed by atoms with Crippen LogP contribution in [0.3, 0.4) is 0 Å². The Kier molecular flexibility index (Phi) is 3.15. The summed E-state index contributed by atoms with van der Waals surface area (Å²) in [7, 11) is -3.34. The Morgan fingerprint density at radius 3 is 2.47 bits per heavy atom. The van der Waals surface area contributed by atoms with Gasteiger partial charge in [0, 0.05) is 19.1 Å². The molecule has 4 nitrogen and oxygen atoms in total. The SMILES string of the molecule is Cc1ccc(S(=O)(=O)N2CC3CCC(N)C3C2)cc1. The van der Waals surface area contributed by atoms with Gasteiger partial charge in [0.05, 0.1) is 4.90 Å². The topological polar surface area (TPSA) is 63.4 Å². The van der Waals surface area contributed by atoms with Crippen LogP contribution in [0.4, 0.5) is 0 Å². The van der Waals surface area contributed by atoms with Crippen LogP contribution in [0.2, 0.25) is 0 Å². The first-order valence-electron chi connectivity index (χ1n) is 6.81. The average Bonchev–Trinajstić information content (AvgIpc) is 2.93. The van der Waals surface area contributed by atoms with E-state index in [0.29, 0.717) is 29.8 Å². The van der Waals surface area contributed by atoms with Crippen molar-refractivity contribution in [3.63, 3.8) is 0 Å².